The topological polar surface area (TPSA) is 40.6 Å². The van der Waals surface area contributed by atoms with Crippen LogP contribution >= 0.6 is 0 Å². The number of carbonyl (C=O) groups is 2. The third-order valence-electron chi connectivity index (χ3n) is 1.57. The van der Waals surface area contributed by atoms with Crippen LogP contribution in [0.1, 0.15) is 6.42 Å². The maximum absolute atomic E-state index is 10.3. The van der Waals surface area contributed by atoms with Gasteiger partial charge in [-0.3, -0.25) is 9.59 Å². The van der Waals surface area contributed by atoms with Crippen molar-refractivity contribution in [2.45, 2.75) is 6.42 Å². The zero-order valence-corrected chi connectivity index (χ0v) is 7.56. The quantitative estimate of drug-likeness (QED) is 0.515. The van der Waals surface area contributed by atoms with E-state index in [1.54, 1.807) is 0 Å². The lowest BCUT2D eigenvalue weighted by molar-refractivity contribution is -0.116. The fraction of sp³-hybridized carbons (Fsp3) is 0.333. The summed E-state index contributed by atoms with van der Waals surface area (Å²) in [5.74, 6) is 0. The molecule has 13 heavy (non-hydrogen) atoms. The number of nitrogens with zero attached hydrogens (tertiary/aromatic N) is 2. The molecule has 0 saturated heterocycles. The third kappa shape index (κ3) is 4.79. The van der Waals surface area contributed by atoms with Gasteiger partial charge in [-0.2, -0.15) is 0 Å². The SMILES string of the molecule is C=CN(C=O)CCCN(C=C)C=O. The van der Waals surface area contributed by atoms with Crippen LogP contribution in [-0.2, 0) is 9.59 Å². The molecule has 0 aromatic heterocycles. The van der Waals surface area contributed by atoms with Crippen LogP contribution in [0, 0.1) is 0 Å². The molecule has 0 saturated carbocycles. The van der Waals surface area contributed by atoms with Crippen LogP contribution in [0.25, 0.3) is 0 Å². The van der Waals surface area contributed by atoms with E-state index < -0.39 is 0 Å². The average Bonchev–Trinajstić information content (AvgIpc) is 2.19. The molecule has 0 rings (SSSR count). The standard InChI is InChI=1S/C9H14N2O2/c1-3-10(8-12)6-5-7-11(4-2)9-13/h3-4,8-9H,1-2,5-7H2. The van der Waals surface area contributed by atoms with E-state index in [0.717, 1.165) is 0 Å². The van der Waals surface area contributed by atoms with Gasteiger partial charge in [0.25, 0.3) is 0 Å². The van der Waals surface area contributed by atoms with Gasteiger partial charge in [0.05, 0.1) is 0 Å². The van der Waals surface area contributed by atoms with Crippen LogP contribution in [0.15, 0.2) is 25.6 Å². The smallest absolute Gasteiger partial charge is 0.213 e. The lowest BCUT2D eigenvalue weighted by atomic mass is 10.4. The summed E-state index contributed by atoms with van der Waals surface area (Å²) in [4.78, 5) is 23.4. The van der Waals surface area contributed by atoms with E-state index in [-0.39, 0.29) is 0 Å². The Morgan fingerprint density at radius 3 is 1.54 bits per heavy atom. The summed E-state index contributed by atoms with van der Waals surface area (Å²) in [6, 6.07) is 0. The normalized spacial score (nSPS) is 8.62. The first-order chi connectivity index (χ1) is 6.28. The van der Waals surface area contributed by atoms with Crippen molar-refractivity contribution in [2.24, 2.45) is 0 Å². The Morgan fingerprint density at radius 1 is 0.923 bits per heavy atom. The van der Waals surface area contributed by atoms with Crippen molar-refractivity contribution >= 4 is 12.8 Å². The Labute approximate surface area is 78.1 Å². The van der Waals surface area contributed by atoms with Gasteiger partial charge in [-0.25, -0.2) is 0 Å². The van der Waals surface area contributed by atoms with E-state index in [0.29, 0.717) is 32.3 Å². The molecule has 72 valence electrons. The van der Waals surface area contributed by atoms with E-state index in [1.165, 1.54) is 22.2 Å². The third-order valence-corrected chi connectivity index (χ3v) is 1.57. The summed E-state index contributed by atoms with van der Waals surface area (Å²) in [5, 5.41) is 0. The number of hydrogen-bond acceptors (Lipinski definition) is 2. The molecule has 0 spiro atoms. The second-order valence-electron chi connectivity index (χ2n) is 2.41. The molecule has 4 heteroatoms. The van der Waals surface area contributed by atoms with Gasteiger partial charge >= 0.3 is 0 Å². The molecule has 4 nitrogen and oxygen atoms in total. The fourth-order valence-electron chi connectivity index (χ4n) is 0.810. The van der Waals surface area contributed by atoms with Gasteiger partial charge in [-0.05, 0) is 18.8 Å². The van der Waals surface area contributed by atoms with E-state index in [9.17, 15) is 9.59 Å². The highest BCUT2D eigenvalue weighted by atomic mass is 16.1. The van der Waals surface area contributed by atoms with E-state index in [1.807, 2.05) is 0 Å². The van der Waals surface area contributed by atoms with Gasteiger partial charge in [-0.15, -0.1) is 0 Å². The van der Waals surface area contributed by atoms with Crippen molar-refractivity contribution in [1.82, 2.24) is 9.80 Å². The lowest BCUT2D eigenvalue weighted by Gasteiger charge is -2.14. The monoisotopic (exact) mass is 182 g/mol. The Balaban J connectivity index is 3.63. The van der Waals surface area contributed by atoms with Crippen molar-refractivity contribution in [3.05, 3.63) is 25.6 Å². The highest BCUT2D eigenvalue weighted by molar-refractivity contribution is 5.49. The lowest BCUT2D eigenvalue weighted by Crippen LogP contribution is -2.22. The van der Waals surface area contributed by atoms with Crippen LogP contribution < -0.4 is 0 Å². The van der Waals surface area contributed by atoms with Gasteiger partial charge in [-0.1, -0.05) is 13.2 Å². The van der Waals surface area contributed by atoms with Crippen molar-refractivity contribution in [3.63, 3.8) is 0 Å². The van der Waals surface area contributed by atoms with Gasteiger partial charge in [0.2, 0.25) is 12.8 Å². The molecule has 0 atom stereocenters. The minimum atomic E-state index is 0.561. The van der Waals surface area contributed by atoms with Crippen molar-refractivity contribution < 1.29 is 9.59 Å². The summed E-state index contributed by atoms with van der Waals surface area (Å²) in [7, 11) is 0. The first kappa shape index (κ1) is 11.4. The number of amides is 2. The summed E-state index contributed by atoms with van der Waals surface area (Å²) >= 11 is 0. The molecule has 2 amide bonds. The number of carbonyl (C=O) groups excluding carboxylic acids is 2. The zero-order valence-electron chi connectivity index (χ0n) is 7.56. The molecule has 0 unspecified atom stereocenters. The number of hydrogen-bond donors (Lipinski definition) is 0. The van der Waals surface area contributed by atoms with Gasteiger partial charge in [0.1, 0.15) is 0 Å². The first-order valence-corrected chi connectivity index (χ1v) is 3.95. The minimum absolute atomic E-state index is 0.561. The fourth-order valence-corrected chi connectivity index (χ4v) is 0.810. The van der Waals surface area contributed by atoms with Gasteiger partial charge in [0, 0.05) is 13.1 Å². The Kier molecular flexibility index (Phi) is 6.23. The maximum Gasteiger partial charge on any atom is 0.213 e. The largest absolute Gasteiger partial charge is 0.322 e. The highest BCUT2D eigenvalue weighted by Crippen LogP contribution is 1.91. The van der Waals surface area contributed by atoms with Crippen LogP contribution in [0.5, 0.6) is 0 Å². The van der Waals surface area contributed by atoms with Crippen LogP contribution in [0.3, 0.4) is 0 Å². The summed E-state index contributed by atoms with van der Waals surface area (Å²) in [6.45, 7) is 8.04. The molecule has 0 bridgehead atoms. The average molecular weight is 182 g/mol. The number of rotatable bonds is 8. The molecule has 0 heterocycles. The molecule has 0 N–H and O–H groups in total. The van der Waals surface area contributed by atoms with Gasteiger partial charge < -0.3 is 9.80 Å². The Morgan fingerprint density at radius 2 is 1.31 bits per heavy atom. The minimum Gasteiger partial charge on any atom is -0.322 e. The van der Waals surface area contributed by atoms with Crippen molar-refractivity contribution in [2.75, 3.05) is 13.1 Å². The first-order valence-electron chi connectivity index (χ1n) is 3.95. The summed E-state index contributed by atoms with van der Waals surface area (Å²) in [6.07, 6.45) is 5.01. The highest BCUT2D eigenvalue weighted by Gasteiger charge is 1.98. The zero-order chi connectivity index (χ0) is 10.1. The maximum atomic E-state index is 10.3. The predicted molar refractivity (Wildman–Crippen MR) is 50.6 cm³/mol. The Hall–Kier alpha value is -1.58. The van der Waals surface area contributed by atoms with Crippen molar-refractivity contribution in [1.29, 1.82) is 0 Å². The molecule has 0 radical (unpaired) electrons. The summed E-state index contributed by atoms with van der Waals surface area (Å²) < 4.78 is 0. The molecular formula is C9H14N2O2. The van der Waals surface area contributed by atoms with Gasteiger partial charge in [0.15, 0.2) is 0 Å². The van der Waals surface area contributed by atoms with E-state index >= 15 is 0 Å². The van der Waals surface area contributed by atoms with E-state index in [2.05, 4.69) is 13.2 Å². The molecule has 0 aliphatic carbocycles. The molecular weight excluding hydrogens is 168 g/mol. The predicted octanol–water partition coefficient (Wildman–Crippen LogP) is 0.580. The second-order valence-corrected chi connectivity index (χ2v) is 2.41. The second kappa shape index (κ2) is 7.09. The molecule has 0 fully saturated rings. The molecule has 0 aromatic rings. The van der Waals surface area contributed by atoms with Crippen molar-refractivity contribution in [3.8, 4) is 0 Å². The molecule has 0 aliphatic heterocycles. The summed E-state index contributed by atoms with van der Waals surface area (Å²) in [5.41, 5.74) is 0. The van der Waals surface area contributed by atoms with Crippen LogP contribution in [0.2, 0.25) is 0 Å². The molecule has 0 aromatic carbocycles. The van der Waals surface area contributed by atoms with Crippen LogP contribution in [0.4, 0.5) is 0 Å². The Bertz CT molecular complexity index is 156. The van der Waals surface area contributed by atoms with E-state index in [4.69, 9.17) is 0 Å². The van der Waals surface area contributed by atoms with Crippen LogP contribution in [-0.4, -0.2) is 35.7 Å². The molecule has 0 aliphatic rings.